The highest BCUT2D eigenvalue weighted by molar-refractivity contribution is 9.10. The average molecular weight is 255 g/mol. The minimum absolute atomic E-state index is 0.298. The van der Waals surface area contributed by atoms with Gasteiger partial charge in [-0.05, 0) is 28.1 Å². The first-order valence-corrected chi connectivity index (χ1v) is 4.77. The predicted octanol–water partition coefficient (Wildman–Crippen LogP) is 0.777. The lowest BCUT2D eigenvalue weighted by Gasteiger charge is -1.98. The van der Waals surface area contributed by atoms with Gasteiger partial charge in [-0.15, -0.1) is 0 Å². The van der Waals surface area contributed by atoms with Crippen LogP contribution in [-0.2, 0) is 6.54 Å². The number of hydrogen-bond acceptors (Lipinski definition) is 3. The van der Waals surface area contributed by atoms with Crippen molar-refractivity contribution < 1.29 is 0 Å². The third-order valence-electron chi connectivity index (χ3n) is 1.78. The van der Waals surface area contributed by atoms with E-state index in [1.165, 1.54) is 4.68 Å². The second-order valence-corrected chi connectivity index (χ2v) is 3.71. The molecule has 1 N–H and O–H groups in total. The smallest absolute Gasteiger partial charge is 0.245 e. The van der Waals surface area contributed by atoms with Gasteiger partial charge in [0, 0.05) is 4.47 Å². The van der Waals surface area contributed by atoms with E-state index >= 15 is 0 Å². The van der Waals surface area contributed by atoms with Crippen molar-refractivity contribution in [3.63, 3.8) is 0 Å². The van der Waals surface area contributed by atoms with Gasteiger partial charge in [-0.1, -0.05) is 28.1 Å². The molecule has 14 heavy (non-hydrogen) atoms. The lowest BCUT2D eigenvalue weighted by Crippen LogP contribution is -2.18. The van der Waals surface area contributed by atoms with Crippen LogP contribution in [0.25, 0.3) is 0 Å². The fraction of sp³-hybridized carbons (Fsp3) is 0.125. The van der Waals surface area contributed by atoms with Crippen molar-refractivity contribution in [2.75, 3.05) is 0 Å². The largest absolute Gasteiger partial charge is 0.361 e. The Bertz CT molecular complexity index is 473. The Hall–Kier alpha value is -1.43. The number of nitrogens with one attached hydrogen (secondary N) is 1. The van der Waals surface area contributed by atoms with E-state index in [0.717, 1.165) is 10.0 Å². The number of tetrazole rings is 1. The molecule has 5 nitrogen and oxygen atoms in total. The highest BCUT2D eigenvalue weighted by Crippen LogP contribution is 2.10. The number of aromatic nitrogens is 4. The molecule has 0 unspecified atom stereocenters. The second kappa shape index (κ2) is 3.75. The zero-order chi connectivity index (χ0) is 9.97. The molecule has 72 valence electrons. The Morgan fingerprint density at radius 1 is 1.36 bits per heavy atom. The van der Waals surface area contributed by atoms with Crippen molar-refractivity contribution in [2.45, 2.75) is 6.54 Å². The summed E-state index contributed by atoms with van der Waals surface area (Å²) >= 11 is 3.34. The third kappa shape index (κ3) is 1.90. The molecular formula is C8H7BrN4O. The van der Waals surface area contributed by atoms with E-state index in [1.807, 2.05) is 24.3 Å². The van der Waals surface area contributed by atoms with E-state index in [0.29, 0.717) is 6.54 Å². The molecule has 0 saturated heterocycles. The molecule has 0 aliphatic rings. The van der Waals surface area contributed by atoms with Gasteiger partial charge < -0.3 is 0 Å². The highest BCUT2D eigenvalue weighted by Gasteiger charge is 1.99. The minimum Gasteiger partial charge on any atom is -0.245 e. The molecule has 0 saturated carbocycles. The molecule has 1 heterocycles. The Labute approximate surface area is 87.9 Å². The summed E-state index contributed by atoms with van der Waals surface area (Å²) in [5, 5.41) is 9.26. The first kappa shape index (κ1) is 9.14. The molecule has 0 atom stereocenters. The van der Waals surface area contributed by atoms with E-state index < -0.39 is 0 Å². The van der Waals surface area contributed by atoms with Crippen LogP contribution in [0.15, 0.2) is 33.5 Å². The number of aromatic amines is 1. The Balaban J connectivity index is 2.23. The third-order valence-corrected chi connectivity index (χ3v) is 2.31. The fourth-order valence-corrected chi connectivity index (χ4v) is 1.35. The SMILES string of the molecule is O=c1[nH]nnn1Cc1ccc(Br)cc1. The highest BCUT2D eigenvalue weighted by atomic mass is 79.9. The molecule has 0 aliphatic carbocycles. The quantitative estimate of drug-likeness (QED) is 0.862. The molecule has 0 bridgehead atoms. The summed E-state index contributed by atoms with van der Waals surface area (Å²) in [5.74, 6) is 0. The van der Waals surface area contributed by atoms with Gasteiger partial charge in [0.25, 0.3) is 0 Å². The van der Waals surface area contributed by atoms with E-state index in [9.17, 15) is 4.79 Å². The minimum atomic E-state index is -0.298. The summed E-state index contributed by atoms with van der Waals surface area (Å²) in [4.78, 5) is 11.1. The molecule has 1 aromatic carbocycles. The molecule has 2 rings (SSSR count). The Kier molecular flexibility index (Phi) is 2.45. The second-order valence-electron chi connectivity index (χ2n) is 2.79. The maximum atomic E-state index is 11.1. The maximum absolute atomic E-state index is 11.1. The molecule has 1 aromatic heterocycles. The number of H-pyrrole nitrogens is 1. The van der Waals surface area contributed by atoms with E-state index in [-0.39, 0.29) is 5.69 Å². The van der Waals surface area contributed by atoms with Crippen LogP contribution in [0.3, 0.4) is 0 Å². The van der Waals surface area contributed by atoms with Gasteiger partial charge in [0.15, 0.2) is 0 Å². The molecule has 0 aliphatic heterocycles. The van der Waals surface area contributed by atoms with Crippen LogP contribution in [0.5, 0.6) is 0 Å². The first-order valence-electron chi connectivity index (χ1n) is 3.98. The zero-order valence-electron chi connectivity index (χ0n) is 7.14. The molecule has 0 radical (unpaired) electrons. The molecular weight excluding hydrogens is 248 g/mol. The van der Waals surface area contributed by atoms with Crippen LogP contribution in [0.4, 0.5) is 0 Å². The van der Waals surface area contributed by atoms with Crippen LogP contribution in [-0.4, -0.2) is 20.2 Å². The van der Waals surface area contributed by atoms with Crippen molar-refractivity contribution in [1.82, 2.24) is 20.2 Å². The topological polar surface area (TPSA) is 63.6 Å². The fourth-order valence-electron chi connectivity index (χ4n) is 1.08. The summed E-state index contributed by atoms with van der Waals surface area (Å²) in [6, 6.07) is 7.68. The van der Waals surface area contributed by atoms with E-state index in [2.05, 4.69) is 31.5 Å². The van der Waals surface area contributed by atoms with Crippen LogP contribution < -0.4 is 5.69 Å². The summed E-state index contributed by atoms with van der Waals surface area (Å²) in [6.45, 7) is 0.433. The zero-order valence-corrected chi connectivity index (χ0v) is 8.73. The van der Waals surface area contributed by atoms with Crippen LogP contribution in [0.1, 0.15) is 5.56 Å². The van der Waals surface area contributed by atoms with Crippen LogP contribution in [0.2, 0.25) is 0 Å². The summed E-state index contributed by atoms with van der Waals surface area (Å²) in [6.07, 6.45) is 0. The summed E-state index contributed by atoms with van der Waals surface area (Å²) in [7, 11) is 0. The van der Waals surface area contributed by atoms with E-state index in [4.69, 9.17) is 0 Å². The number of rotatable bonds is 2. The first-order chi connectivity index (χ1) is 6.75. The molecule has 0 amide bonds. The lowest BCUT2D eigenvalue weighted by molar-refractivity contribution is 0.632. The molecule has 6 heteroatoms. The van der Waals surface area contributed by atoms with E-state index in [1.54, 1.807) is 0 Å². The molecule has 2 aromatic rings. The number of halogens is 1. The standard InChI is InChI=1S/C8H7BrN4O/c9-7-3-1-6(2-4-7)5-13-8(14)10-11-12-13/h1-4H,5H2,(H,10,12,14). The van der Waals surface area contributed by atoms with Gasteiger partial charge >= 0.3 is 5.69 Å². The lowest BCUT2D eigenvalue weighted by atomic mass is 10.2. The van der Waals surface area contributed by atoms with Gasteiger partial charge in [0.05, 0.1) is 6.54 Å². The Morgan fingerprint density at radius 2 is 2.07 bits per heavy atom. The van der Waals surface area contributed by atoms with Gasteiger partial charge in [-0.2, -0.15) is 4.68 Å². The van der Waals surface area contributed by atoms with Crippen molar-refractivity contribution in [3.05, 3.63) is 44.8 Å². The van der Waals surface area contributed by atoms with Crippen molar-refractivity contribution in [3.8, 4) is 0 Å². The average Bonchev–Trinajstić information content (AvgIpc) is 2.56. The normalized spacial score (nSPS) is 10.4. The van der Waals surface area contributed by atoms with Gasteiger partial charge in [0.2, 0.25) is 0 Å². The molecule has 0 fully saturated rings. The summed E-state index contributed by atoms with van der Waals surface area (Å²) < 4.78 is 2.28. The predicted molar refractivity (Wildman–Crippen MR) is 53.9 cm³/mol. The van der Waals surface area contributed by atoms with Crippen LogP contribution >= 0.6 is 15.9 Å². The van der Waals surface area contributed by atoms with Crippen molar-refractivity contribution in [1.29, 1.82) is 0 Å². The van der Waals surface area contributed by atoms with Gasteiger partial charge in [-0.3, -0.25) is 0 Å². The summed E-state index contributed by atoms with van der Waals surface area (Å²) in [5.41, 5.74) is 0.706. The number of benzene rings is 1. The number of hydrogen-bond donors (Lipinski definition) is 1. The van der Waals surface area contributed by atoms with Gasteiger partial charge in [-0.25, -0.2) is 9.89 Å². The maximum Gasteiger partial charge on any atom is 0.361 e. The monoisotopic (exact) mass is 254 g/mol. The molecule has 0 spiro atoms. The van der Waals surface area contributed by atoms with Gasteiger partial charge in [0.1, 0.15) is 0 Å². The van der Waals surface area contributed by atoms with Crippen LogP contribution in [0, 0.1) is 0 Å². The van der Waals surface area contributed by atoms with Crippen molar-refractivity contribution >= 4 is 15.9 Å². The van der Waals surface area contributed by atoms with Crippen molar-refractivity contribution in [2.24, 2.45) is 0 Å². The number of nitrogens with zero attached hydrogens (tertiary/aromatic N) is 3. The Morgan fingerprint density at radius 3 is 2.64 bits per heavy atom.